The lowest BCUT2D eigenvalue weighted by Crippen LogP contribution is -2.13. The molecular weight excluding hydrogens is 256 g/mol. The Morgan fingerprint density at radius 2 is 2.15 bits per heavy atom. The average molecular weight is 274 g/mol. The van der Waals surface area contributed by atoms with Crippen LogP contribution in [0.1, 0.15) is 21.6 Å². The smallest absolute Gasteiger partial charge is 0.252 e. The first-order valence-electron chi connectivity index (χ1n) is 6.28. The van der Waals surface area contributed by atoms with Crippen LogP contribution in [0.25, 0.3) is 0 Å². The zero-order valence-electron chi connectivity index (χ0n) is 11.8. The summed E-state index contributed by atoms with van der Waals surface area (Å²) in [4.78, 5) is 11.4. The molecule has 0 aliphatic carbocycles. The Bertz CT molecular complexity index is 634. The van der Waals surface area contributed by atoms with Crippen LogP contribution in [-0.4, -0.2) is 22.7 Å². The fourth-order valence-electron chi connectivity index (χ4n) is 2.05. The number of hydrogen-bond donors (Lipinski definition) is 2. The summed E-state index contributed by atoms with van der Waals surface area (Å²) in [7, 11) is 3.65. The monoisotopic (exact) mass is 274 g/mol. The van der Waals surface area contributed by atoms with E-state index in [9.17, 15) is 4.79 Å². The average Bonchev–Trinajstić information content (AvgIpc) is 2.66. The van der Waals surface area contributed by atoms with E-state index < -0.39 is 5.91 Å². The van der Waals surface area contributed by atoms with Crippen molar-refractivity contribution in [3.63, 3.8) is 0 Å². The molecule has 2 rings (SSSR count). The van der Waals surface area contributed by atoms with E-state index in [1.54, 1.807) is 36.0 Å². The van der Waals surface area contributed by atoms with Crippen molar-refractivity contribution in [1.82, 2.24) is 15.1 Å². The second-order valence-electron chi connectivity index (χ2n) is 4.49. The number of primary amides is 1. The molecule has 0 radical (unpaired) electrons. The standard InChI is InChI=1S/C14H18N4O2/c1-9-11(8-16-2)14(18(3)17-9)20-12-7-5-4-6-10(12)13(15)19/h4-7,16H,8H2,1-3H3,(H2,15,19). The fraction of sp³-hybridized carbons (Fsp3) is 0.286. The van der Waals surface area contributed by atoms with Gasteiger partial charge in [0.25, 0.3) is 5.91 Å². The van der Waals surface area contributed by atoms with Gasteiger partial charge in [0, 0.05) is 13.6 Å². The van der Waals surface area contributed by atoms with Crippen LogP contribution in [0.3, 0.4) is 0 Å². The number of amides is 1. The van der Waals surface area contributed by atoms with Crippen LogP contribution in [0.4, 0.5) is 0 Å². The number of hydrogen-bond acceptors (Lipinski definition) is 4. The summed E-state index contributed by atoms with van der Waals surface area (Å²) in [6, 6.07) is 6.89. The van der Waals surface area contributed by atoms with E-state index in [2.05, 4.69) is 10.4 Å². The van der Waals surface area contributed by atoms with Gasteiger partial charge in [0.2, 0.25) is 5.88 Å². The van der Waals surface area contributed by atoms with Crippen LogP contribution in [0.15, 0.2) is 24.3 Å². The van der Waals surface area contributed by atoms with Crippen LogP contribution >= 0.6 is 0 Å². The number of carbonyl (C=O) groups excluding carboxylic acids is 1. The van der Waals surface area contributed by atoms with Gasteiger partial charge in [-0.05, 0) is 26.1 Å². The SMILES string of the molecule is CNCc1c(C)nn(C)c1Oc1ccccc1C(N)=O. The molecule has 0 spiro atoms. The normalized spacial score (nSPS) is 10.6. The highest BCUT2D eigenvalue weighted by atomic mass is 16.5. The predicted octanol–water partition coefficient (Wildman–Crippen LogP) is 1.34. The molecule has 0 aliphatic heterocycles. The molecule has 1 heterocycles. The quantitative estimate of drug-likeness (QED) is 0.862. The molecule has 3 N–H and O–H groups in total. The van der Waals surface area contributed by atoms with Crippen LogP contribution < -0.4 is 15.8 Å². The highest BCUT2D eigenvalue weighted by Crippen LogP contribution is 2.29. The van der Waals surface area contributed by atoms with Gasteiger partial charge in [0.15, 0.2) is 0 Å². The maximum Gasteiger partial charge on any atom is 0.252 e. The van der Waals surface area contributed by atoms with Crippen LogP contribution in [0.5, 0.6) is 11.6 Å². The molecule has 0 bridgehead atoms. The highest BCUT2D eigenvalue weighted by molar-refractivity contribution is 5.95. The first kappa shape index (κ1) is 14.1. The van der Waals surface area contributed by atoms with E-state index >= 15 is 0 Å². The zero-order chi connectivity index (χ0) is 14.7. The molecule has 6 nitrogen and oxygen atoms in total. The maximum absolute atomic E-state index is 11.4. The van der Waals surface area contributed by atoms with Crippen LogP contribution in [0, 0.1) is 6.92 Å². The lowest BCUT2D eigenvalue weighted by molar-refractivity contribution is 0.0998. The van der Waals surface area contributed by atoms with E-state index in [4.69, 9.17) is 10.5 Å². The van der Waals surface area contributed by atoms with Crippen molar-refractivity contribution in [2.45, 2.75) is 13.5 Å². The van der Waals surface area contributed by atoms with E-state index in [-0.39, 0.29) is 0 Å². The number of benzene rings is 1. The van der Waals surface area contributed by atoms with Gasteiger partial charge in [0.05, 0.1) is 16.8 Å². The number of rotatable bonds is 5. The molecule has 0 saturated carbocycles. The number of aryl methyl sites for hydroxylation is 2. The Hall–Kier alpha value is -2.34. The van der Waals surface area contributed by atoms with Gasteiger partial charge >= 0.3 is 0 Å². The summed E-state index contributed by atoms with van der Waals surface area (Å²) in [5.74, 6) is 0.514. The lowest BCUT2D eigenvalue weighted by atomic mass is 10.2. The molecule has 0 unspecified atom stereocenters. The first-order chi connectivity index (χ1) is 9.54. The largest absolute Gasteiger partial charge is 0.438 e. The van der Waals surface area contributed by atoms with E-state index in [0.29, 0.717) is 23.7 Å². The van der Waals surface area contributed by atoms with Crippen molar-refractivity contribution in [2.24, 2.45) is 12.8 Å². The molecular formula is C14H18N4O2. The molecule has 1 aromatic carbocycles. The molecule has 20 heavy (non-hydrogen) atoms. The summed E-state index contributed by atoms with van der Waals surface area (Å²) in [6.07, 6.45) is 0. The van der Waals surface area contributed by atoms with Gasteiger partial charge in [-0.15, -0.1) is 0 Å². The van der Waals surface area contributed by atoms with Gasteiger partial charge in [-0.1, -0.05) is 12.1 Å². The fourth-order valence-corrected chi connectivity index (χ4v) is 2.05. The number of nitrogens with one attached hydrogen (secondary N) is 1. The van der Waals surface area contributed by atoms with Gasteiger partial charge < -0.3 is 15.8 Å². The summed E-state index contributed by atoms with van der Waals surface area (Å²) in [6.45, 7) is 2.55. The van der Waals surface area contributed by atoms with Crippen LogP contribution in [0.2, 0.25) is 0 Å². The summed E-state index contributed by atoms with van der Waals surface area (Å²) < 4.78 is 7.52. The second-order valence-corrected chi connectivity index (χ2v) is 4.49. The molecule has 1 amide bonds. The third-order valence-electron chi connectivity index (χ3n) is 3.00. The topological polar surface area (TPSA) is 82.2 Å². The maximum atomic E-state index is 11.4. The zero-order valence-corrected chi connectivity index (χ0v) is 11.8. The predicted molar refractivity (Wildman–Crippen MR) is 75.7 cm³/mol. The lowest BCUT2D eigenvalue weighted by Gasteiger charge is -2.11. The van der Waals surface area contributed by atoms with Gasteiger partial charge in [0.1, 0.15) is 5.75 Å². The van der Waals surface area contributed by atoms with E-state index in [1.807, 2.05) is 14.0 Å². The molecule has 2 aromatic rings. The van der Waals surface area contributed by atoms with Crippen LogP contribution in [-0.2, 0) is 13.6 Å². The number of carbonyl (C=O) groups is 1. The van der Waals surface area contributed by atoms with Gasteiger partial charge in [-0.25, -0.2) is 4.68 Å². The molecule has 0 aliphatic rings. The van der Waals surface area contributed by atoms with Gasteiger partial charge in [-0.2, -0.15) is 5.10 Å². The summed E-state index contributed by atoms with van der Waals surface area (Å²) >= 11 is 0. The number of aromatic nitrogens is 2. The van der Waals surface area contributed by atoms with Crippen molar-refractivity contribution in [2.75, 3.05) is 7.05 Å². The minimum Gasteiger partial charge on any atom is -0.438 e. The minimum absolute atomic E-state index is 0.349. The Morgan fingerprint density at radius 1 is 1.45 bits per heavy atom. The number of nitrogens with zero attached hydrogens (tertiary/aromatic N) is 2. The third-order valence-corrected chi connectivity index (χ3v) is 3.00. The minimum atomic E-state index is -0.519. The third kappa shape index (κ3) is 2.65. The molecule has 0 atom stereocenters. The Kier molecular flexibility index (Phi) is 4.05. The summed E-state index contributed by atoms with van der Waals surface area (Å²) in [5, 5.41) is 7.41. The first-order valence-corrected chi connectivity index (χ1v) is 6.28. The Balaban J connectivity index is 2.42. The van der Waals surface area contributed by atoms with Gasteiger partial charge in [-0.3, -0.25) is 4.79 Å². The second kappa shape index (κ2) is 5.75. The number of nitrogens with two attached hydrogens (primary N) is 1. The van der Waals surface area contributed by atoms with Crippen molar-refractivity contribution in [3.8, 4) is 11.6 Å². The number of ether oxygens (including phenoxy) is 1. The van der Waals surface area contributed by atoms with Crippen molar-refractivity contribution in [1.29, 1.82) is 0 Å². The molecule has 1 aromatic heterocycles. The summed E-state index contributed by atoms with van der Waals surface area (Å²) in [5.41, 5.74) is 7.54. The van der Waals surface area contributed by atoms with Crippen molar-refractivity contribution in [3.05, 3.63) is 41.1 Å². The Morgan fingerprint density at radius 3 is 2.80 bits per heavy atom. The van der Waals surface area contributed by atoms with E-state index in [0.717, 1.165) is 11.3 Å². The number of para-hydroxylation sites is 1. The molecule has 6 heteroatoms. The molecule has 106 valence electrons. The molecule has 0 fully saturated rings. The molecule has 0 saturated heterocycles. The van der Waals surface area contributed by atoms with Crippen molar-refractivity contribution >= 4 is 5.91 Å². The van der Waals surface area contributed by atoms with E-state index in [1.165, 1.54) is 0 Å². The Labute approximate surface area is 117 Å². The highest BCUT2D eigenvalue weighted by Gasteiger charge is 2.17. The van der Waals surface area contributed by atoms with Crippen molar-refractivity contribution < 1.29 is 9.53 Å².